The molecule has 1 aliphatic rings. The Labute approximate surface area is 107 Å². The van der Waals surface area contributed by atoms with Crippen molar-refractivity contribution in [3.63, 3.8) is 0 Å². The molecular formula is C10H20N2O5S. The van der Waals surface area contributed by atoms with Gasteiger partial charge in [0.15, 0.2) is 0 Å². The lowest BCUT2D eigenvalue weighted by atomic mass is 9.99. The van der Waals surface area contributed by atoms with Crippen LogP contribution in [0, 0.1) is 5.92 Å². The maximum atomic E-state index is 11.9. The maximum absolute atomic E-state index is 11.9. The number of piperidine rings is 1. The molecule has 1 heterocycles. The maximum Gasteiger partial charge on any atom is 0.308 e. The van der Waals surface area contributed by atoms with Gasteiger partial charge in [-0.2, -0.15) is 17.4 Å². The summed E-state index contributed by atoms with van der Waals surface area (Å²) in [6, 6.07) is -0.520. The summed E-state index contributed by atoms with van der Waals surface area (Å²) in [5.74, 6) is -0.513. The summed E-state index contributed by atoms with van der Waals surface area (Å²) in [5.41, 5.74) is 0. The van der Waals surface area contributed by atoms with Gasteiger partial charge in [0.25, 0.3) is 10.2 Å². The average Bonchev–Trinajstić information content (AvgIpc) is 2.37. The van der Waals surface area contributed by atoms with Gasteiger partial charge >= 0.3 is 5.97 Å². The minimum atomic E-state index is -3.58. The van der Waals surface area contributed by atoms with Crippen molar-refractivity contribution in [2.24, 2.45) is 5.92 Å². The molecule has 18 heavy (non-hydrogen) atoms. The standard InChI is InChI=1S/C10H20N2O5S/c1-8(7-13)11-18(15,16)12-5-3-9(4-6-12)10(14)17-2/h8-9,11,13H,3-7H2,1-2H3. The largest absolute Gasteiger partial charge is 0.469 e. The molecule has 2 N–H and O–H groups in total. The van der Waals surface area contributed by atoms with E-state index in [1.165, 1.54) is 11.4 Å². The van der Waals surface area contributed by atoms with Crippen LogP contribution in [0.3, 0.4) is 0 Å². The van der Waals surface area contributed by atoms with Gasteiger partial charge in [0.05, 0.1) is 19.6 Å². The Morgan fingerprint density at radius 2 is 2.06 bits per heavy atom. The molecule has 0 amide bonds. The molecule has 7 nitrogen and oxygen atoms in total. The topological polar surface area (TPSA) is 95.9 Å². The SMILES string of the molecule is COC(=O)C1CCN(S(=O)(=O)NC(C)CO)CC1. The number of methoxy groups -OCH3 is 1. The lowest BCUT2D eigenvalue weighted by molar-refractivity contribution is -0.146. The van der Waals surface area contributed by atoms with E-state index in [4.69, 9.17) is 5.11 Å². The molecule has 0 radical (unpaired) electrons. The summed E-state index contributed by atoms with van der Waals surface area (Å²) < 4.78 is 32.1. The van der Waals surface area contributed by atoms with Crippen molar-refractivity contribution in [2.45, 2.75) is 25.8 Å². The number of carbonyl (C=O) groups excluding carboxylic acids is 1. The third-order valence-corrected chi connectivity index (χ3v) is 4.70. The Balaban J connectivity index is 2.54. The highest BCUT2D eigenvalue weighted by Gasteiger charge is 2.31. The Hall–Kier alpha value is -0.700. The van der Waals surface area contributed by atoms with Crippen molar-refractivity contribution >= 4 is 16.2 Å². The van der Waals surface area contributed by atoms with Crippen LogP contribution in [0.25, 0.3) is 0 Å². The highest BCUT2D eigenvalue weighted by Crippen LogP contribution is 2.20. The Kier molecular flexibility index (Phi) is 5.51. The molecule has 0 aromatic heterocycles. The Morgan fingerprint density at radius 1 is 1.50 bits per heavy atom. The normalized spacial score (nSPS) is 20.6. The number of esters is 1. The lowest BCUT2D eigenvalue weighted by Gasteiger charge is -2.30. The van der Waals surface area contributed by atoms with E-state index in [1.807, 2.05) is 0 Å². The van der Waals surface area contributed by atoms with Gasteiger partial charge in [-0.15, -0.1) is 0 Å². The highest BCUT2D eigenvalue weighted by molar-refractivity contribution is 7.87. The fourth-order valence-electron chi connectivity index (χ4n) is 1.86. The Bertz CT molecular complexity index is 376. The zero-order chi connectivity index (χ0) is 13.8. The van der Waals surface area contributed by atoms with Crippen molar-refractivity contribution in [1.82, 2.24) is 9.03 Å². The third kappa shape index (κ3) is 3.91. The first-order valence-corrected chi connectivity index (χ1v) is 7.30. The van der Waals surface area contributed by atoms with E-state index >= 15 is 0 Å². The molecule has 8 heteroatoms. The van der Waals surface area contributed by atoms with E-state index in [-0.39, 0.29) is 31.6 Å². The van der Waals surface area contributed by atoms with Crippen molar-refractivity contribution in [3.05, 3.63) is 0 Å². The van der Waals surface area contributed by atoms with Crippen LogP contribution in [0.1, 0.15) is 19.8 Å². The second-order valence-corrected chi connectivity index (χ2v) is 6.11. The molecule has 106 valence electrons. The van der Waals surface area contributed by atoms with Crippen LogP contribution >= 0.6 is 0 Å². The predicted molar refractivity (Wildman–Crippen MR) is 64.9 cm³/mol. The molecule has 1 aliphatic heterocycles. The molecule has 1 unspecified atom stereocenters. The molecule has 0 saturated carbocycles. The number of hydrogen-bond acceptors (Lipinski definition) is 5. The number of ether oxygens (including phenoxy) is 1. The summed E-state index contributed by atoms with van der Waals surface area (Å²) in [4.78, 5) is 11.3. The second-order valence-electron chi connectivity index (χ2n) is 4.40. The lowest BCUT2D eigenvalue weighted by Crippen LogP contribution is -2.49. The molecule has 0 aromatic rings. The number of hydrogen-bond donors (Lipinski definition) is 2. The van der Waals surface area contributed by atoms with Gasteiger partial charge in [-0.1, -0.05) is 0 Å². The highest BCUT2D eigenvalue weighted by atomic mass is 32.2. The molecule has 1 atom stereocenters. The average molecular weight is 280 g/mol. The molecule has 1 rings (SSSR count). The van der Waals surface area contributed by atoms with Gasteiger partial charge in [0.1, 0.15) is 0 Å². The van der Waals surface area contributed by atoms with Crippen LogP contribution in [-0.2, 0) is 19.7 Å². The van der Waals surface area contributed by atoms with Crippen LogP contribution in [0.4, 0.5) is 0 Å². The first kappa shape index (κ1) is 15.4. The number of nitrogens with zero attached hydrogens (tertiary/aromatic N) is 1. The van der Waals surface area contributed by atoms with E-state index in [2.05, 4.69) is 9.46 Å². The molecule has 1 fully saturated rings. The molecule has 1 saturated heterocycles. The zero-order valence-electron chi connectivity index (χ0n) is 10.6. The van der Waals surface area contributed by atoms with E-state index in [0.717, 1.165) is 0 Å². The number of rotatable bonds is 5. The van der Waals surface area contributed by atoms with Crippen molar-refractivity contribution in [2.75, 3.05) is 26.8 Å². The smallest absolute Gasteiger partial charge is 0.308 e. The minimum absolute atomic E-state index is 0.225. The van der Waals surface area contributed by atoms with E-state index in [1.54, 1.807) is 6.92 Å². The molecule has 0 aromatic carbocycles. The summed E-state index contributed by atoms with van der Waals surface area (Å²) in [6.45, 7) is 1.90. The fraction of sp³-hybridized carbons (Fsp3) is 0.900. The number of aliphatic hydroxyl groups excluding tert-OH is 1. The Morgan fingerprint density at radius 3 is 2.50 bits per heavy atom. The predicted octanol–water partition coefficient (Wildman–Crippen LogP) is -0.913. The summed E-state index contributed by atoms with van der Waals surface area (Å²) in [5, 5.41) is 8.84. The van der Waals surface area contributed by atoms with E-state index in [0.29, 0.717) is 12.8 Å². The van der Waals surface area contributed by atoms with Crippen LogP contribution in [-0.4, -0.2) is 56.6 Å². The molecule has 0 bridgehead atoms. The second kappa shape index (κ2) is 6.46. The van der Waals surface area contributed by atoms with Crippen molar-refractivity contribution < 1.29 is 23.1 Å². The van der Waals surface area contributed by atoms with Crippen LogP contribution in [0.15, 0.2) is 0 Å². The van der Waals surface area contributed by atoms with Crippen LogP contribution in [0.5, 0.6) is 0 Å². The quantitative estimate of drug-likeness (QED) is 0.635. The van der Waals surface area contributed by atoms with Gasteiger partial charge in [-0.3, -0.25) is 4.79 Å². The summed E-state index contributed by atoms with van der Waals surface area (Å²) >= 11 is 0. The van der Waals surface area contributed by atoms with E-state index < -0.39 is 16.3 Å². The third-order valence-electron chi connectivity index (χ3n) is 2.95. The monoisotopic (exact) mass is 280 g/mol. The van der Waals surface area contributed by atoms with Gasteiger partial charge in [0, 0.05) is 19.1 Å². The molecule has 0 aliphatic carbocycles. The number of carbonyl (C=O) groups is 1. The number of aliphatic hydroxyl groups is 1. The van der Waals surface area contributed by atoms with Crippen LogP contribution in [0.2, 0.25) is 0 Å². The number of nitrogens with one attached hydrogen (secondary N) is 1. The fourth-order valence-corrected chi connectivity index (χ4v) is 3.29. The van der Waals surface area contributed by atoms with Crippen molar-refractivity contribution in [1.29, 1.82) is 0 Å². The summed E-state index contributed by atoms with van der Waals surface area (Å²) in [7, 11) is -2.25. The van der Waals surface area contributed by atoms with Crippen molar-refractivity contribution in [3.8, 4) is 0 Å². The van der Waals surface area contributed by atoms with Gasteiger partial charge in [-0.25, -0.2) is 0 Å². The van der Waals surface area contributed by atoms with Crippen LogP contribution < -0.4 is 4.72 Å². The van der Waals surface area contributed by atoms with Gasteiger partial charge in [-0.05, 0) is 19.8 Å². The van der Waals surface area contributed by atoms with E-state index in [9.17, 15) is 13.2 Å². The molecular weight excluding hydrogens is 260 g/mol. The first-order valence-electron chi connectivity index (χ1n) is 5.86. The first-order chi connectivity index (χ1) is 8.40. The summed E-state index contributed by atoms with van der Waals surface area (Å²) in [6.07, 6.45) is 0.919. The molecule has 0 spiro atoms. The van der Waals surface area contributed by atoms with Gasteiger partial charge < -0.3 is 9.84 Å². The van der Waals surface area contributed by atoms with Gasteiger partial charge in [0.2, 0.25) is 0 Å². The zero-order valence-corrected chi connectivity index (χ0v) is 11.4. The minimum Gasteiger partial charge on any atom is -0.469 e.